The van der Waals surface area contributed by atoms with Crippen LogP contribution < -0.4 is 10.2 Å². The molecular weight excluding hydrogens is 351 g/mol. The van der Waals surface area contributed by atoms with Crippen LogP contribution in [0.25, 0.3) is 10.9 Å². The average molecular weight is 370 g/mol. The topological polar surface area (TPSA) is 87.4 Å². The number of carbonyl (C=O) groups is 1. The van der Waals surface area contributed by atoms with Crippen molar-refractivity contribution >= 4 is 28.4 Å². The summed E-state index contributed by atoms with van der Waals surface area (Å²) in [6.45, 7) is 4.83. The van der Waals surface area contributed by atoms with Crippen LogP contribution in [0.2, 0.25) is 0 Å². The molecule has 0 radical (unpaired) electrons. The largest absolute Gasteiger partial charge is 0.360 e. The van der Waals surface area contributed by atoms with Gasteiger partial charge in [-0.2, -0.15) is 0 Å². The van der Waals surface area contributed by atoms with Crippen molar-refractivity contribution in [3.63, 3.8) is 0 Å². The number of nitrogens with one attached hydrogen (secondary N) is 1. The second kappa shape index (κ2) is 7.28. The van der Waals surface area contributed by atoms with Gasteiger partial charge in [0.05, 0.1) is 6.54 Å². The number of carbonyl (C=O) groups excluding carboxylic acids is 1. The number of halogens is 1. The second-order valence-corrected chi connectivity index (χ2v) is 6.47. The Labute approximate surface area is 155 Å². The third-order valence-corrected chi connectivity index (χ3v) is 4.53. The Morgan fingerprint density at radius 2 is 2.07 bits per heavy atom. The Balaban J connectivity index is 1.38. The maximum atomic E-state index is 13.9. The SMILES string of the molecule is Cc1cc(NC(=O)CN2CCN(c3ncnc4c(F)cccc34)CC2)no1. The molecule has 3 aromatic rings. The van der Waals surface area contributed by atoms with Crippen LogP contribution in [-0.2, 0) is 4.79 Å². The van der Waals surface area contributed by atoms with Gasteiger partial charge in [0.1, 0.15) is 29.2 Å². The number of anilines is 2. The van der Waals surface area contributed by atoms with Crippen LogP contribution in [0.15, 0.2) is 35.1 Å². The standard InChI is InChI=1S/C18H19FN6O2/c1-12-9-15(23-27-12)22-16(26)10-24-5-7-25(8-6-24)18-13-3-2-4-14(19)17(13)20-11-21-18/h2-4,9,11H,5-8,10H2,1H3,(H,22,23,26). The molecule has 0 bridgehead atoms. The molecule has 1 saturated heterocycles. The Bertz CT molecular complexity index is 967. The number of hydrogen-bond donors (Lipinski definition) is 1. The molecule has 2 aromatic heterocycles. The van der Waals surface area contributed by atoms with E-state index in [2.05, 4.69) is 30.2 Å². The van der Waals surface area contributed by atoms with Crippen LogP contribution in [0.1, 0.15) is 5.76 Å². The van der Waals surface area contributed by atoms with Crippen molar-refractivity contribution in [2.24, 2.45) is 0 Å². The Morgan fingerprint density at radius 1 is 1.26 bits per heavy atom. The predicted octanol–water partition coefficient (Wildman–Crippen LogP) is 1.83. The van der Waals surface area contributed by atoms with Crippen molar-refractivity contribution in [3.8, 4) is 0 Å². The third kappa shape index (κ3) is 3.72. The van der Waals surface area contributed by atoms with Gasteiger partial charge in [-0.3, -0.25) is 9.69 Å². The van der Waals surface area contributed by atoms with Gasteiger partial charge in [0.2, 0.25) is 5.91 Å². The molecule has 1 fully saturated rings. The Hall–Kier alpha value is -3.07. The summed E-state index contributed by atoms with van der Waals surface area (Å²) in [4.78, 5) is 24.7. The van der Waals surface area contributed by atoms with Gasteiger partial charge >= 0.3 is 0 Å². The molecule has 9 heteroatoms. The molecule has 1 N–H and O–H groups in total. The maximum absolute atomic E-state index is 13.9. The number of rotatable bonds is 4. The summed E-state index contributed by atoms with van der Waals surface area (Å²) in [7, 11) is 0. The fourth-order valence-electron chi connectivity index (χ4n) is 3.22. The zero-order valence-electron chi connectivity index (χ0n) is 14.9. The molecule has 1 amide bonds. The van der Waals surface area contributed by atoms with Crippen LogP contribution in [0.3, 0.4) is 0 Å². The summed E-state index contributed by atoms with van der Waals surface area (Å²) >= 11 is 0. The van der Waals surface area contributed by atoms with E-state index in [0.29, 0.717) is 48.7 Å². The summed E-state index contributed by atoms with van der Waals surface area (Å²) in [5, 5.41) is 7.18. The van der Waals surface area contributed by atoms with E-state index in [1.165, 1.54) is 12.4 Å². The summed E-state index contributed by atoms with van der Waals surface area (Å²) in [5.41, 5.74) is 0.326. The van der Waals surface area contributed by atoms with Gasteiger partial charge in [-0.25, -0.2) is 14.4 Å². The molecule has 0 saturated carbocycles. The first-order valence-corrected chi connectivity index (χ1v) is 8.70. The van der Waals surface area contributed by atoms with E-state index in [9.17, 15) is 9.18 Å². The molecule has 4 rings (SSSR count). The van der Waals surface area contributed by atoms with Crippen LogP contribution in [-0.4, -0.2) is 58.7 Å². The Kier molecular flexibility index (Phi) is 4.68. The minimum Gasteiger partial charge on any atom is -0.360 e. The van der Waals surface area contributed by atoms with Crippen molar-refractivity contribution in [3.05, 3.63) is 42.2 Å². The maximum Gasteiger partial charge on any atom is 0.239 e. The van der Waals surface area contributed by atoms with Gasteiger partial charge in [-0.15, -0.1) is 0 Å². The first-order chi connectivity index (χ1) is 13.1. The number of para-hydroxylation sites is 1. The van der Waals surface area contributed by atoms with Gasteiger partial charge in [0.25, 0.3) is 0 Å². The average Bonchev–Trinajstić information content (AvgIpc) is 3.07. The summed E-state index contributed by atoms with van der Waals surface area (Å²) in [5.74, 6) is 1.31. The molecule has 140 valence electrons. The molecule has 1 aliphatic heterocycles. The molecule has 0 unspecified atom stereocenters. The molecule has 0 spiro atoms. The van der Waals surface area contributed by atoms with Crippen LogP contribution in [0.5, 0.6) is 0 Å². The lowest BCUT2D eigenvalue weighted by molar-refractivity contribution is -0.117. The number of nitrogens with zero attached hydrogens (tertiary/aromatic N) is 5. The van der Waals surface area contributed by atoms with Gasteiger partial charge in [-0.05, 0) is 19.1 Å². The quantitative estimate of drug-likeness (QED) is 0.750. The normalized spacial score (nSPS) is 15.3. The highest BCUT2D eigenvalue weighted by molar-refractivity contribution is 5.91. The van der Waals surface area contributed by atoms with Gasteiger partial charge in [0.15, 0.2) is 5.82 Å². The van der Waals surface area contributed by atoms with Gasteiger partial charge in [0, 0.05) is 37.6 Å². The molecule has 1 aliphatic rings. The molecule has 1 aromatic carbocycles. The van der Waals surface area contributed by atoms with E-state index >= 15 is 0 Å². The van der Waals surface area contributed by atoms with E-state index in [1.807, 2.05) is 6.07 Å². The molecule has 27 heavy (non-hydrogen) atoms. The van der Waals surface area contributed by atoms with Crippen molar-refractivity contribution in [1.82, 2.24) is 20.0 Å². The molecule has 8 nitrogen and oxygen atoms in total. The summed E-state index contributed by atoms with van der Waals surface area (Å²) in [6.07, 6.45) is 1.39. The van der Waals surface area contributed by atoms with E-state index in [4.69, 9.17) is 4.52 Å². The van der Waals surface area contributed by atoms with E-state index in [1.54, 1.807) is 19.1 Å². The monoisotopic (exact) mass is 370 g/mol. The summed E-state index contributed by atoms with van der Waals surface area (Å²) < 4.78 is 18.9. The van der Waals surface area contributed by atoms with E-state index in [0.717, 1.165) is 5.82 Å². The van der Waals surface area contributed by atoms with Crippen molar-refractivity contribution in [2.75, 3.05) is 42.9 Å². The smallest absolute Gasteiger partial charge is 0.239 e. The number of piperazine rings is 1. The summed E-state index contributed by atoms with van der Waals surface area (Å²) in [6, 6.07) is 6.56. The van der Waals surface area contributed by atoms with Crippen molar-refractivity contribution < 1.29 is 13.7 Å². The second-order valence-electron chi connectivity index (χ2n) is 6.47. The third-order valence-electron chi connectivity index (χ3n) is 4.53. The highest BCUT2D eigenvalue weighted by Gasteiger charge is 2.22. The molecular formula is C18H19FN6O2. The van der Waals surface area contributed by atoms with Crippen LogP contribution >= 0.6 is 0 Å². The highest BCUT2D eigenvalue weighted by Crippen LogP contribution is 2.25. The molecule has 0 atom stereocenters. The van der Waals surface area contributed by atoms with Crippen LogP contribution in [0.4, 0.5) is 16.0 Å². The number of benzene rings is 1. The predicted molar refractivity (Wildman–Crippen MR) is 98.0 cm³/mol. The number of fused-ring (bicyclic) bond motifs is 1. The number of hydrogen-bond acceptors (Lipinski definition) is 7. The lowest BCUT2D eigenvalue weighted by Crippen LogP contribution is -2.49. The first-order valence-electron chi connectivity index (χ1n) is 8.70. The van der Waals surface area contributed by atoms with Crippen molar-refractivity contribution in [1.29, 1.82) is 0 Å². The molecule has 0 aliphatic carbocycles. The zero-order valence-corrected chi connectivity index (χ0v) is 14.9. The lowest BCUT2D eigenvalue weighted by Gasteiger charge is -2.35. The van der Waals surface area contributed by atoms with Crippen LogP contribution in [0, 0.1) is 12.7 Å². The lowest BCUT2D eigenvalue weighted by atomic mass is 10.2. The first kappa shape index (κ1) is 17.3. The number of aromatic nitrogens is 3. The van der Waals surface area contributed by atoms with Gasteiger partial charge in [-0.1, -0.05) is 11.2 Å². The minimum absolute atomic E-state index is 0.133. The van der Waals surface area contributed by atoms with Crippen molar-refractivity contribution in [2.45, 2.75) is 6.92 Å². The fourth-order valence-corrected chi connectivity index (χ4v) is 3.22. The van der Waals surface area contributed by atoms with Gasteiger partial charge < -0.3 is 14.7 Å². The van der Waals surface area contributed by atoms with E-state index in [-0.39, 0.29) is 18.3 Å². The highest BCUT2D eigenvalue weighted by atomic mass is 19.1. The fraction of sp³-hybridized carbons (Fsp3) is 0.333. The Morgan fingerprint density at radius 3 is 2.81 bits per heavy atom. The number of amides is 1. The zero-order chi connectivity index (χ0) is 18.8. The minimum atomic E-state index is -0.352. The number of aryl methyl sites for hydroxylation is 1. The van der Waals surface area contributed by atoms with E-state index < -0.39 is 0 Å². The molecule has 3 heterocycles.